The van der Waals surface area contributed by atoms with Crippen molar-refractivity contribution in [3.63, 3.8) is 0 Å². The van der Waals surface area contributed by atoms with Crippen molar-refractivity contribution in [2.24, 2.45) is 0 Å². The Morgan fingerprint density at radius 2 is 2.08 bits per heavy atom. The molecule has 1 rings (SSSR count). The average Bonchev–Trinajstić information content (AvgIpc) is 2.05. The van der Waals surface area contributed by atoms with Crippen LogP contribution in [-0.4, -0.2) is 20.5 Å². The molecule has 0 atom stereocenters. The van der Waals surface area contributed by atoms with Gasteiger partial charge in [-0.15, -0.1) is 0 Å². The number of benzene rings is 1. The molecule has 0 spiro atoms. The maximum atomic E-state index is 11.0. The molecule has 0 aliphatic heterocycles. The summed E-state index contributed by atoms with van der Waals surface area (Å²) in [5.74, 6) is -0.569. The SMILES string of the molecule is O=S=CC(=O)c1ccccc1O. The molecule has 0 saturated carbocycles. The molecule has 4 heteroatoms. The third-order valence-electron chi connectivity index (χ3n) is 1.32. The van der Waals surface area contributed by atoms with Crippen molar-refractivity contribution in [3.8, 4) is 5.75 Å². The van der Waals surface area contributed by atoms with Gasteiger partial charge in [-0.2, -0.15) is 0 Å². The molecule has 3 nitrogen and oxygen atoms in total. The maximum absolute atomic E-state index is 11.0. The minimum absolute atomic E-state index is 0.0776. The quantitative estimate of drug-likeness (QED) is 0.538. The molecular formula is C8H6O3S. The number of rotatable bonds is 2. The van der Waals surface area contributed by atoms with Crippen molar-refractivity contribution in [2.45, 2.75) is 0 Å². The van der Waals surface area contributed by atoms with Gasteiger partial charge in [0, 0.05) is 0 Å². The molecule has 0 heterocycles. The monoisotopic (exact) mass is 182 g/mol. The molecule has 0 aromatic heterocycles. The molecule has 0 bridgehead atoms. The maximum Gasteiger partial charge on any atom is 0.202 e. The van der Waals surface area contributed by atoms with Gasteiger partial charge >= 0.3 is 0 Å². The Balaban J connectivity index is 3.11. The van der Waals surface area contributed by atoms with E-state index < -0.39 is 5.78 Å². The van der Waals surface area contributed by atoms with E-state index in [1.807, 2.05) is 0 Å². The van der Waals surface area contributed by atoms with Gasteiger partial charge in [0.25, 0.3) is 0 Å². The fraction of sp³-hybridized carbons (Fsp3) is 0. The van der Waals surface area contributed by atoms with Crippen LogP contribution in [0.4, 0.5) is 0 Å². The van der Waals surface area contributed by atoms with Crippen LogP contribution in [0.25, 0.3) is 0 Å². The van der Waals surface area contributed by atoms with Crippen molar-refractivity contribution >= 4 is 22.4 Å². The first-order valence-corrected chi connectivity index (χ1v) is 4.00. The van der Waals surface area contributed by atoms with Crippen molar-refractivity contribution in [1.29, 1.82) is 0 Å². The topological polar surface area (TPSA) is 54.4 Å². The number of phenolic OH excluding ortho intramolecular Hbond substituents is 1. The van der Waals surface area contributed by atoms with Gasteiger partial charge in [-0.25, -0.2) is 4.21 Å². The zero-order valence-corrected chi connectivity index (χ0v) is 6.88. The summed E-state index contributed by atoms with van der Waals surface area (Å²) in [5, 5.41) is 10.1. The summed E-state index contributed by atoms with van der Waals surface area (Å²) >= 11 is 0.0776. The van der Waals surface area contributed by atoms with E-state index in [1.54, 1.807) is 12.1 Å². The molecule has 62 valence electrons. The molecule has 0 saturated heterocycles. The molecule has 1 aromatic carbocycles. The molecular weight excluding hydrogens is 176 g/mol. The second-order valence-electron chi connectivity index (χ2n) is 2.10. The molecule has 0 aliphatic carbocycles. The Morgan fingerprint density at radius 1 is 1.42 bits per heavy atom. The van der Waals surface area contributed by atoms with E-state index in [2.05, 4.69) is 0 Å². The van der Waals surface area contributed by atoms with Crippen molar-refractivity contribution < 1.29 is 14.1 Å². The lowest BCUT2D eigenvalue weighted by Gasteiger charge is -1.96. The van der Waals surface area contributed by atoms with E-state index in [9.17, 15) is 9.00 Å². The highest BCUT2D eigenvalue weighted by Crippen LogP contribution is 2.14. The lowest BCUT2D eigenvalue weighted by Crippen LogP contribution is -1.99. The van der Waals surface area contributed by atoms with Crippen molar-refractivity contribution in [2.75, 3.05) is 0 Å². The van der Waals surface area contributed by atoms with Gasteiger partial charge in [-0.3, -0.25) is 4.79 Å². The van der Waals surface area contributed by atoms with E-state index >= 15 is 0 Å². The van der Waals surface area contributed by atoms with Crippen LogP contribution in [0, 0.1) is 0 Å². The smallest absolute Gasteiger partial charge is 0.202 e. The lowest BCUT2D eigenvalue weighted by atomic mass is 10.1. The van der Waals surface area contributed by atoms with E-state index in [1.165, 1.54) is 12.1 Å². The third-order valence-corrected chi connectivity index (χ3v) is 1.63. The van der Waals surface area contributed by atoms with Crippen molar-refractivity contribution in [3.05, 3.63) is 29.8 Å². The van der Waals surface area contributed by atoms with Gasteiger partial charge in [0.1, 0.15) is 5.75 Å². The number of aromatic hydroxyl groups is 1. The number of hydrogen-bond acceptors (Lipinski definition) is 3. The lowest BCUT2D eigenvalue weighted by molar-refractivity contribution is 0.107. The Labute approximate surface area is 72.7 Å². The van der Waals surface area contributed by atoms with E-state index in [0.717, 1.165) is 5.37 Å². The standard InChI is InChI=1S/C8H6O3S/c9-7-4-2-1-3-6(7)8(10)5-12-11/h1-5,9H. The van der Waals surface area contributed by atoms with Crippen LogP contribution in [0.5, 0.6) is 5.75 Å². The molecule has 0 amide bonds. The fourth-order valence-electron chi connectivity index (χ4n) is 0.789. The number of carbonyl (C=O) groups excluding carboxylic acids is 1. The van der Waals surface area contributed by atoms with Crippen LogP contribution in [0.15, 0.2) is 24.3 Å². The van der Waals surface area contributed by atoms with Gasteiger partial charge in [0.05, 0.1) is 22.2 Å². The molecule has 0 aliphatic rings. The van der Waals surface area contributed by atoms with E-state index in [0.29, 0.717) is 0 Å². The first-order chi connectivity index (χ1) is 5.75. The predicted molar refractivity (Wildman–Crippen MR) is 46.6 cm³/mol. The third kappa shape index (κ3) is 1.79. The molecule has 1 aromatic rings. The Bertz CT molecular complexity index is 353. The number of hydrogen-bond donors (Lipinski definition) is 1. The summed E-state index contributed by atoms with van der Waals surface area (Å²) < 4.78 is 9.98. The Hall–Kier alpha value is -1.42. The first kappa shape index (κ1) is 8.67. The average molecular weight is 182 g/mol. The van der Waals surface area contributed by atoms with Crippen LogP contribution in [0.2, 0.25) is 0 Å². The molecule has 0 fully saturated rings. The highest BCUT2D eigenvalue weighted by atomic mass is 32.1. The summed E-state index contributed by atoms with van der Waals surface area (Å²) in [7, 11) is 0. The molecule has 0 unspecified atom stereocenters. The summed E-state index contributed by atoms with van der Waals surface area (Å²) in [4.78, 5) is 11.0. The van der Waals surface area contributed by atoms with Crippen LogP contribution in [-0.2, 0) is 11.3 Å². The normalized spacial score (nSPS) is 9.00. The van der Waals surface area contributed by atoms with E-state index in [-0.39, 0.29) is 22.6 Å². The van der Waals surface area contributed by atoms with Gasteiger partial charge in [0.2, 0.25) is 5.78 Å². The number of carbonyl (C=O) groups is 1. The zero-order valence-electron chi connectivity index (χ0n) is 6.06. The number of para-hydroxylation sites is 1. The second-order valence-corrected chi connectivity index (χ2v) is 2.52. The highest BCUT2D eigenvalue weighted by molar-refractivity contribution is 7.66. The van der Waals surface area contributed by atoms with Crippen molar-refractivity contribution in [1.82, 2.24) is 0 Å². The molecule has 12 heavy (non-hydrogen) atoms. The van der Waals surface area contributed by atoms with Crippen LogP contribution in [0.3, 0.4) is 0 Å². The Morgan fingerprint density at radius 3 is 2.67 bits per heavy atom. The number of ketones is 1. The minimum Gasteiger partial charge on any atom is -0.507 e. The molecule has 1 N–H and O–H groups in total. The minimum atomic E-state index is -0.465. The van der Waals surface area contributed by atoms with Gasteiger partial charge in [0.15, 0.2) is 0 Å². The Kier molecular flexibility index (Phi) is 2.76. The van der Waals surface area contributed by atoms with Gasteiger partial charge in [-0.05, 0) is 12.1 Å². The van der Waals surface area contributed by atoms with Crippen LogP contribution >= 0.6 is 0 Å². The highest BCUT2D eigenvalue weighted by Gasteiger charge is 2.06. The molecule has 0 radical (unpaired) electrons. The number of Topliss-reactive ketones (excluding diaryl/α,β-unsaturated/α-hetero) is 1. The summed E-state index contributed by atoms with van der Waals surface area (Å²) in [6.07, 6.45) is 0. The second kappa shape index (κ2) is 3.82. The number of phenols is 1. The zero-order chi connectivity index (χ0) is 8.97. The summed E-state index contributed by atoms with van der Waals surface area (Å²) in [6.45, 7) is 0. The fourth-order valence-corrected chi connectivity index (χ4v) is 1.00. The largest absolute Gasteiger partial charge is 0.507 e. The first-order valence-electron chi connectivity index (χ1n) is 3.20. The summed E-state index contributed by atoms with van der Waals surface area (Å²) in [6, 6.07) is 6.09. The van der Waals surface area contributed by atoms with Gasteiger partial charge < -0.3 is 5.11 Å². The van der Waals surface area contributed by atoms with Gasteiger partial charge in [-0.1, -0.05) is 12.1 Å². The van der Waals surface area contributed by atoms with Crippen LogP contribution < -0.4 is 0 Å². The predicted octanol–water partition coefficient (Wildman–Crippen LogP) is 0.590. The summed E-state index contributed by atoms with van der Waals surface area (Å²) in [5.41, 5.74) is 0.154. The van der Waals surface area contributed by atoms with Crippen LogP contribution in [0.1, 0.15) is 10.4 Å². The van der Waals surface area contributed by atoms with E-state index in [4.69, 9.17) is 5.11 Å².